The Hall–Kier alpha value is -0.830. The highest BCUT2D eigenvalue weighted by Gasteiger charge is 2.29. The Kier molecular flexibility index (Phi) is 6.08. The Balaban J connectivity index is 2.07. The molecule has 3 nitrogen and oxygen atoms in total. The van der Waals surface area contributed by atoms with Crippen molar-refractivity contribution >= 4 is 0 Å². The number of aryl methyl sites for hydroxylation is 1. The minimum absolute atomic E-state index is 0.447. The molecule has 0 saturated heterocycles. The topological polar surface area (TPSA) is 29.9 Å². The number of nitrogens with one attached hydrogen (secondary N) is 1. The van der Waals surface area contributed by atoms with Crippen LogP contribution in [0.5, 0.6) is 0 Å². The van der Waals surface area contributed by atoms with Gasteiger partial charge < -0.3 is 9.88 Å². The van der Waals surface area contributed by atoms with Gasteiger partial charge in [-0.25, -0.2) is 4.98 Å². The van der Waals surface area contributed by atoms with Crippen molar-refractivity contribution in [1.82, 2.24) is 14.9 Å². The van der Waals surface area contributed by atoms with E-state index in [1.165, 1.54) is 44.3 Å². The number of imidazole rings is 1. The average Bonchev–Trinajstić information content (AvgIpc) is 2.96. The standard InChI is InChI=1S/C17H31N3/c1-4-11-18-16(17-19-12-13-20(17)6-3)15-9-7-14(5-2)8-10-15/h12-16,18H,4-11H2,1-3H3. The number of aromatic nitrogens is 2. The lowest BCUT2D eigenvalue weighted by Gasteiger charge is -2.34. The van der Waals surface area contributed by atoms with Gasteiger partial charge in [0.2, 0.25) is 0 Å². The summed E-state index contributed by atoms with van der Waals surface area (Å²) < 4.78 is 2.30. The Morgan fingerprint density at radius 3 is 2.60 bits per heavy atom. The van der Waals surface area contributed by atoms with Crippen LogP contribution in [0.25, 0.3) is 0 Å². The van der Waals surface area contributed by atoms with Crippen LogP contribution >= 0.6 is 0 Å². The van der Waals surface area contributed by atoms with Crippen molar-refractivity contribution < 1.29 is 0 Å². The Morgan fingerprint density at radius 1 is 1.25 bits per heavy atom. The predicted molar refractivity (Wildman–Crippen MR) is 84.7 cm³/mol. The van der Waals surface area contributed by atoms with Crippen LogP contribution in [0.3, 0.4) is 0 Å². The normalized spacial score (nSPS) is 24.8. The lowest BCUT2D eigenvalue weighted by molar-refractivity contribution is 0.211. The van der Waals surface area contributed by atoms with Gasteiger partial charge in [0.25, 0.3) is 0 Å². The summed E-state index contributed by atoms with van der Waals surface area (Å²) in [6, 6.07) is 0.447. The van der Waals surface area contributed by atoms with E-state index in [-0.39, 0.29) is 0 Å². The van der Waals surface area contributed by atoms with Gasteiger partial charge in [-0.3, -0.25) is 0 Å². The molecule has 0 aliphatic heterocycles. The molecule has 0 amide bonds. The first-order chi connectivity index (χ1) is 9.80. The van der Waals surface area contributed by atoms with Crippen molar-refractivity contribution in [2.45, 2.75) is 71.9 Å². The highest BCUT2D eigenvalue weighted by molar-refractivity contribution is 5.02. The number of hydrogen-bond donors (Lipinski definition) is 1. The summed E-state index contributed by atoms with van der Waals surface area (Å²) >= 11 is 0. The van der Waals surface area contributed by atoms with Gasteiger partial charge in [-0.05, 0) is 44.6 Å². The van der Waals surface area contributed by atoms with E-state index in [0.29, 0.717) is 6.04 Å². The van der Waals surface area contributed by atoms with Gasteiger partial charge in [0.1, 0.15) is 5.82 Å². The van der Waals surface area contributed by atoms with Crippen LogP contribution in [0.2, 0.25) is 0 Å². The number of hydrogen-bond acceptors (Lipinski definition) is 2. The molecule has 1 aromatic heterocycles. The molecule has 114 valence electrons. The Bertz CT molecular complexity index is 377. The van der Waals surface area contributed by atoms with E-state index in [0.717, 1.165) is 24.9 Å². The monoisotopic (exact) mass is 277 g/mol. The molecule has 1 saturated carbocycles. The molecule has 0 spiro atoms. The zero-order valence-electron chi connectivity index (χ0n) is 13.4. The second kappa shape index (κ2) is 7.82. The maximum absolute atomic E-state index is 4.66. The number of nitrogens with zero attached hydrogens (tertiary/aromatic N) is 2. The number of rotatable bonds is 7. The zero-order chi connectivity index (χ0) is 14.4. The van der Waals surface area contributed by atoms with Gasteiger partial charge in [-0.15, -0.1) is 0 Å². The van der Waals surface area contributed by atoms with Gasteiger partial charge in [-0.1, -0.05) is 33.1 Å². The SMILES string of the molecule is CCCNC(c1nccn1CC)C1CCC(CC)CC1. The third-order valence-electron chi connectivity index (χ3n) is 4.92. The third kappa shape index (κ3) is 3.63. The molecule has 1 aromatic rings. The summed E-state index contributed by atoms with van der Waals surface area (Å²) in [5.74, 6) is 2.97. The molecule has 3 heteroatoms. The molecular weight excluding hydrogens is 246 g/mol. The molecule has 0 bridgehead atoms. The van der Waals surface area contributed by atoms with Crippen LogP contribution in [-0.4, -0.2) is 16.1 Å². The summed E-state index contributed by atoms with van der Waals surface area (Å²) in [5.41, 5.74) is 0. The smallest absolute Gasteiger partial charge is 0.126 e. The lowest BCUT2D eigenvalue weighted by atomic mass is 9.77. The molecule has 1 heterocycles. The molecule has 1 atom stereocenters. The minimum Gasteiger partial charge on any atom is -0.334 e. The molecule has 1 aliphatic carbocycles. The zero-order valence-corrected chi connectivity index (χ0v) is 13.4. The van der Waals surface area contributed by atoms with Crippen LogP contribution in [-0.2, 0) is 6.54 Å². The Morgan fingerprint density at radius 2 is 2.00 bits per heavy atom. The summed E-state index contributed by atoms with van der Waals surface area (Å²) in [5, 5.41) is 3.77. The summed E-state index contributed by atoms with van der Waals surface area (Å²) in [7, 11) is 0. The van der Waals surface area contributed by atoms with Crippen molar-refractivity contribution in [1.29, 1.82) is 0 Å². The predicted octanol–water partition coefficient (Wildman–Crippen LogP) is 4.16. The third-order valence-corrected chi connectivity index (χ3v) is 4.92. The largest absolute Gasteiger partial charge is 0.334 e. The Labute approximate surface area is 124 Å². The summed E-state index contributed by atoms with van der Waals surface area (Å²) in [6.45, 7) is 8.89. The second-order valence-corrected chi connectivity index (χ2v) is 6.19. The fourth-order valence-electron chi connectivity index (χ4n) is 3.57. The quantitative estimate of drug-likeness (QED) is 0.811. The van der Waals surface area contributed by atoms with E-state index < -0.39 is 0 Å². The summed E-state index contributed by atoms with van der Waals surface area (Å²) in [6.07, 6.45) is 12.1. The van der Waals surface area contributed by atoms with E-state index in [2.05, 4.69) is 41.8 Å². The molecule has 1 unspecified atom stereocenters. The fourth-order valence-corrected chi connectivity index (χ4v) is 3.57. The molecular formula is C17H31N3. The van der Waals surface area contributed by atoms with Gasteiger partial charge in [0.05, 0.1) is 6.04 Å². The van der Waals surface area contributed by atoms with Gasteiger partial charge >= 0.3 is 0 Å². The van der Waals surface area contributed by atoms with E-state index in [4.69, 9.17) is 0 Å². The molecule has 20 heavy (non-hydrogen) atoms. The van der Waals surface area contributed by atoms with Gasteiger partial charge in [0.15, 0.2) is 0 Å². The van der Waals surface area contributed by atoms with Gasteiger partial charge in [-0.2, -0.15) is 0 Å². The van der Waals surface area contributed by atoms with Gasteiger partial charge in [0, 0.05) is 18.9 Å². The summed E-state index contributed by atoms with van der Waals surface area (Å²) in [4.78, 5) is 4.66. The first kappa shape index (κ1) is 15.6. The molecule has 1 aliphatic rings. The fraction of sp³-hybridized carbons (Fsp3) is 0.824. The van der Waals surface area contributed by atoms with Crippen molar-refractivity contribution in [2.75, 3.05) is 6.54 Å². The van der Waals surface area contributed by atoms with Crippen LogP contribution in [0.15, 0.2) is 12.4 Å². The van der Waals surface area contributed by atoms with Crippen molar-refractivity contribution in [3.63, 3.8) is 0 Å². The van der Waals surface area contributed by atoms with E-state index in [9.17, 15) is 0 Å². The molecule has 0 radical (unpaired) electrons. The van der Waals surface area contributed by atoms with Crippen molar-refractivity contribution in [2.24, 2.45) is 11.8 Å². The minimum atomic E-state index is 0.447. The molecule has 0 aromatic carbocycles. The van der Waals surface area contributed by atoms with Crippen LogP contribution in [0.1, 0.15) is 71.2 Å². The maximum Gasteiger partial charge on any atom is 0.126 e. The molecule has 1 N–H and O–H groups in total. The van der Waals surface area contributed by atoms with Crippen LogP contribution in [0.4, 0.5) is 0 Å². The molecule has 1 fully saturated rings. The second-order valence-electron chi connectivity index (χ2n) is 6.19. The van der Waals surface area contributed by atoms with E-state index >= 15 is 0 Å². The first-order valence-corrected chi connectivity index (χ1v) is 8.54. The molecule has 2 rings (SSSR count). The van der Waals surface area contributed by atoms with Crippen molar-refractivity contribution in [3.05, 3.63) is 18.2 Å². The van der Waals surface area contributed by atoms with Crippen LogP contribution in [0, 0.1) is 11.8 Å². The van der Waals surface area contributed by atoms with E-state index in [1.54, 1.807) is 0 Å². The van der Waals surface area contributed by atoms with E-state index in [1.807, 2.05) is 6.20 Å². The maximum atomic E-state index is 4.66. The highest BCUT2D eigenvalue weighted by Crippen LogP contribution is 2.37. The van der Waals surface area contributed by atoms with Crippen molar-refractivity contribution in [3.8, 4) is 0 Å². The average molecular weight is 277 g/mol. The van der Waals surface area contributed by atoms with Crippen LogP contribution < -0.4 is 5.32 Å². The first-order valence-electron chi connectivity index (χ1n) is 8.54. The highest BCUT2D eigenvalue weighted by atomic mass is 15.1. The lowest BCUT2D eigenvalue weighted by Crippen LogP contribution is -2.33.